The van der Waals surface area contributed by atoms with Gasteiger partial charge in [0.15, 0.2) is 0 Å². The molecule has 27 heavy (non-hydrogen) atoms. The van der Waals surface area contributed by atoms with E-state index in [1.54, 1.807) is 0 Å². The highest BCUT2D eigenvalue weighted by atomic mass is 16.5. The van der Waals surface area contributed by atoms with Crippen LogP contribution in [-0.4, -0.2) is 5.97 Å². The molecule has 0 amide bonds. The number of para-hydroxylation sites is 1. The van der Waals surface area contributed by atoms with Gasteiger partial charge in [0.2, 0.25) is 0 Å². The maximum Gasteiger partial charge on any atom is 0.319 e. The van der Waals surface area contributed by atoms with E-state index in [-0.39, 0.29) is 17.8 Å². The summed E-state index contributed by atoms with van der Waals surface area (Å²) in [6, 6.07) is 32.5. The molecule has 0 radical (unpaired) electrons. The zero-order valence-corrected chi connectivity index (χ0v) is 14.7. The summed E-state index contributed by atoms with van der Waals surface area (Å²) in [7, 11) is 0. The van der Waals surface area contributed by atoms with E-state index in [0.29, 0.717) is 5.75 Å². The summed E-state index contributed by atoms with van der Waals surface area (Å²) in [6.45, 7) is 0. The molecule has 5 rings (SSSR count). The number of carbonyl (C=O) groups excluding carboxylic acids is 1. The summed E-state index contributed by atoms with van der Waals surface area (Å²) < 4.78 is 5.72. The van der Waals surface area contributed by atoms with Crippen LogP contribution >= 0.6 is 0 Å². The number of fused-ring (bicyclic) bond motifs is 2. The van der Waals surface area contributed by atoms with Crippen LogP contribution in [0.2, 0.25) is 0 Å². The van der Waals surface area contributed by atoms with E-state index in [2.05, 4.69) is 42.5 Å². The van der Waals surface area contributed by atoms with Gasteiger partial charge in [-0.3, -0.25) is 4.79 Å². The highest BCUT2D eigenvalue weighted by Crippen LogP contribution is 2.48. The molecular weight excluding hydrogens is 332 g/mol. The van der Waals surface area contributed by atoms with E-state index in [1.807, 2.05) is 54.6 Å². The SMILES string of the molecule is O=C1Oc2ccccc2[C@@H](c2cccc3ccccc23)[C@H]1c1ccccc1. The number of carbonyl (C=O) groups is 1. The summed E-state index contributed by atoms with van der Waals surface area (Å²) in [5.41, 5.74) is 3.20. The molecule has 0 bridgehead atoms. The predicted octanol–water partition coefficient (Wildman–Crippen LogP) is 5.67. The summed E-state index contributed by atoms with van der Waals surface area (Å²) in [5.74, 6) is 0.00769. The summed E-state index contributed by atoms with van der Waals surface area (Å²) in [6.07, 6.45) is 0. The Morgan fingerprint density at radius 2 is 1.26 bits per heavy atom. The lowest BCUT2D eigenvalue weighted by molar-refractivity contribution is -0.137. The molecule has 0 unspecified atom stereocenters. The average molecular weight is 350 g/mol. The van der Waals surface area contributed by atoms with Crippen molar-refractivity contribution >= 4 is 16.7 Å². The van der Waals surface area contributed by atoms with Crippen molar-refractivity contribution < 1.29 is 9.53 Å². The highest BCUT2D eigenvalue weighted by Gasteiger charge is 2.40. The molecular formula is C25H18O2. The Balaban J connectivity index is 1.80. The molecule has 0 saturated carbocycles. The van der Waals surface area contributed by atoms with Gasteiger partial charge in [0.05, 0.1) is 5.92 Å². The first kappa shape index (κ1) is 15.8. The molecule has 1 aliphatic heterocycles. The number of benzene rings is 4. The van der Waals surface area contributed by atoms with Crippen LogP contribution < -0.4 is 4.74 Å². The number of esters is 1. The number of ether oxygens (including phenoxy) is 1. The minimum atomic E-state index is -0.369. The van der Waals surface area contributed by atoms with Crippen molar-refractivity contribution in [2.75, 3.05) is 0 Å². The minimum absolute atomic E-state index is 0.0871. The van der Waals surface area contributed by atoms with Gasteiger partial charge in [0.25, 0.3) is 0 Å². The second-order valence-electron chi connectivity index (χ2n) is 6.89. The zero-order valence-electron chi connectivity index (χ0n) is 14.7. The highest BCUT2D eigenvalue weighted by molar-refractivity contribution is 5.91. The van der Waals surface area contributed by atoms with E-state index < -0.39 is 0 Å². The lowest BCUT2D eigenvalue weighted by Gasteiger charge is -2.33. The van der Waals surface area contributed by atoms with Gasteiger partial charge in [-0.2, -0.15) is 0 Å². The molecule has 2 nitrogen and oxygen atoms in total. The van der Waals surface area contributed by atoms with E-state index in [1.165, 1.54) is 10.8 Å². The number of hydrogen-bond acceptors (Lipinski definition) is 2. The fourth-order valence-electron chi connectivity index (χ4n) is 4.18. The Morgan fingerprint density at radius 1 is 0.593 bits per heavy atom. The fourth-order valence-corrected chi connectivity index (χ4v) is 4.18. The van der Waals surface area contributed by atoms with Gasteiger partial charge in [-0.25, -0.2) is 0 Å². The summed E-state index contributed by atoms with van der Waals surface area (Å²) >= 11 is 0. The second kappa shape index (κ2) is 6.40. The smallest absolute Gasteiger partial charge is 0.319 e. The Labute approximate surface area is 158 Å². The molecule has 130 valence electrons. The van der Waals surface area contributed by atoms with E-state index in [4.69, 9.17) is 4.74 Å². The van der Waals surface area contributed by atoms with Gasteiger partial charge in [-0.1, -0.05) is 91.0 Å². The first-order valence-corrected chi connectivity index (χ1v) is 9.16. The maximum absolute atomic E-state index is 13.1. The van der Waals surface area contributed by atoms with Crippen molar-refractivity contribution in [3.63, 3.8) is 0 Å². The molecule has 2 atom stereocenters. The molecule has 4 aromatic rings. The lowest BCUT2D eigenvalue weighted by Crippen LogP contribution is -2.30. The molecule has 0 spiro atoms. The van der Waals surface area contributed by atoms with Crippen LogP contribution in [0, 0.1) is 0 Å². The van der Waals surface area contributed by atoms with E-state index >= 15 is 0 Å². The van der Waals surface area contributed by atoms with Gasteiger partial charge in [-0.15, -0.1) is 0 Å². The van der Waals surface area contributed by atoms with Crippen LogP contribution in [0.4, 0.5) is 0 Å². The van der Waals surface area contributed by atoms with Crippen molar-refractivity contribution in [2.24, 2.45) is 0 Å². The van der Waals surface area contributed by atoms with Crippen molar-refractivity contribution in [1.29, 1.82) is 0 Å². The Kier molecular flexibility index (Phi) is 3.75. The number of rotatable bonds is 2. The lowest BCUT2D eigenvalue weighted by atomic mass is 9.74. The van der Waals surface area contributed by atoms with Crippen LogP contribution in [0.25, 0.3) is 10.8 Å². The monoisotopic (exact) mass is 350 g/mol. The van der Waals surface area contributed by atoms with Gasteiger partial charge in [-0.05, 0) is 28.0 Å². The molecule has 0 aromatic heterocycles. The summed E-state index contributed by atoms with van der Waals surface area (Å²) in [4.78, 5) is 13.1. The Hall–Kier alpha value is -3.39. The van der Waals surface area contributed by atoms with Gasteiger partial charge >= 0.3 is 5.97 Å². The van der Waals surface area contributed by atoms with Gasteiger partial charge in [0, 0.05) is 11.5 Å². The first-order chi connectivity index (χ1) is 13.3. The van der Waals surface area contributed by atoms with Gasteiger partial charge in [0.1, 0.15) is 5.75 Å². The van der Waals surface area contributed by atoms with Crippen molar-refractivity contribution in [1.82, 2.24) is 0 Å². The van der Waals surface area contributed by atoms with Crippen molar-refractivity contribution in [3.8, 4) is 5.75 Å². The van der Waals surface area contributed by atoms with Crippen molar-refractivity contribution in [3.05, 3.63) is 114 Å². The third-order valence-corrected chi connectivity index (χ3v) is 5.37. The molecule has 0 saturated heterocycles. The van der Waals surface area contributed by atoms with E-state index in [0.717, 1.165) is 16.7 Å². The van der Waals surface area contributed by atoms with Crippen LogP contribution in [0.15, 0.2) is 97.1 Å². The van der Waals surface area contributed by atoms with Crippen LogP contribution in [0.5, 0.6) is 5.75 Å². The quantitative estimate of drug-likeness (QED) is 0.344. The third-order valence-electron chi connectivity index (χ3n) is 5.37. The van der Waals surface area contributed by atoms with Crippen LogP contribution in [0.1, 0.15) is 28.5 Å². The standard InChI is InChI=1S/C25H18O2/c26-25-23(18-10-2-1-3-11-18)24(21-14-6-7-16-22(21)27-25)20-15-8-12-17-9-4-5-13-19(17)20/h1-16,23-24H/t23-,24-/m1/s1. The van der Waals surface area contributed by atoms with Crippen LogP contribution in [0.3, 0.4) is 0 Å². The zero-order chi connectivity index (χ0) is 18.2. The summed E-state index contributed by atoms with van der Waals surface area (Å²) in [5, 5.41) is 2.36. The maximum atomic E-state index is 13.1. The Bertz CT molecular complexity index is 1130. The molecule has 0 aliphatic carbocycles. The third kappa shape index (κ3) is 2.61. The van der Waals surface area contributed by atoms with Crippen molar-refractivity contribution in [2.45, 2.75) is 11.8 Å². The topological polar surface area (TPSA) is 26.3 Å². The predicted molar refractivity (Wildman–Crippen MR) is 107 cm³/mol. The Morgan fingerprint density at radius 3 is 2.15 bits per heavy atom. The molecule has 1 aliphatic rings. The molecule has 0 fully saturated rings. The molecule has 4 aromatic carbocycles. The average Bonchev–Trinajstić information content (AvgIpc) is 2.73. The van der Waals surface area contributed by atoms with E-state index in [9.17, 15) is 4.79 Å². The fraction of sp³-hybridized carbons (Fsp3) is 0.0800. The molecule has 2 heteroatoms. The molecule has 0 N–H and O–H groups in total. The number of hydrogen-bond donors (Lipinski definition) is 0. The normalized spacial score (nSPS) is 18.7. The minimum Gasteiger partial charge on any atom is -0.426 e. The van der Waals surface area contributed by atoms with Gasteiger partial charge < -0.3 is 4.74 Å². The largest absolute Gasteiger partial charge is 0.426 e. The molecule has 1 heterocycles. The first-order valence-electron chi connectivity index (χ1n) is 9.16. The second-order valence-corrected chi connectivity index (χ2v) is 6.89. The van der Waals surface area contributed by atoms with Crippen LogP contribution in [-0.2, 0) is 4.79 Å².